The van der Waals surface area contributed by atoms with Crippen LogP contribution in [0.5, 0.6) is 5.88 Å². The van der Waals surface area contributed by atoms with Gasteiger partial charge in [0.15, 0.2) is 0 Å². The normalized spacial score (nSPS) is 21.4. The average molecular weight is 263 g/mol. The van der Waals surface area contributed by atoms with E-state index in [-0.39, 0.29) is 6.10 Å². The molecule has 5 heteroatoms. The minimum absolute atomic E-state index is 0.250. The van der Waals surface area contributed by atoms with Gasteiger partial charge in [0.05, 0.1) is 13.2 Å². The first-order valence-electron chi connectivity index (χ1n) is 7.09. The first-order chi connectivity index (χ1) is 9.42. The SMILES string of the molecule is c1cc(OC2CCOCC2)nc(N2CCNCC2)c1. The molecule has 5 nitrogen and oxygen atoms in total. The molecule has 2 fully saturated rings. The van der Waals surface area contributed by atoms with Crippen LogP contribution in [0.15, 0.2) is 18.2 Å². The maximum atomic E-state index is 5.95. The van der Waals surface area contributed by atoms with E-state index in [0.29, 0.717) is 0 Å². The molecule has 1 N–H and O–H groups in total. The largest absolute Gasteiger partial charge is 0.474 e. The third kappa shape index (κ3) is 3.36. The lowest BCUT2D eigenvalue weighted by molar-refractivity contribution is 0.0238. The number of pyridine rings is 1. The molecule has 0 bridgehead atoms. The highest BCUT2D eigenvalue weighted by atomic mass is 16.5. The van der Waals surface area contributed by atoms with Crippen molar-refractivity contribution >= 4 is 5.82 Å². The number of hydrogen-bond donors (Lipinski definition) is 1. The Morgan fingerprint density at radius 2 is 2.00 bits per heavy atom. The molecule has 3 heterocycles. The third-order valence-electron chi connectivity index (χ3n) is 3.61. The summed E-state index contributed by atoms with van der Waals surface area (Å²) in [5.41, 5.74) is 0. The van der Waals surface area contributed by atoms with E-state index in [1.54, 1.807) is 0 Å². The number of anilines is 1. The summed E-state index contributed by atoms with van der Waals surface area (Å²) in [5, 5.41) is 3.35. The molecular formula is C14H21N3O2. The molecule has 0 aromatic carbocycles. The zero-order valence-corrected chi connectivity index (χ0v) is 11.2. The van der Waals surface area contributed by atoms with E-state index in [0.717, 1.165) is 63.9 Å². The van der Waals surface area contributed by atoms with Gasteiger partial charge in [0.1, 0.15) is 11.9 Å². The van der Waals surface area contributed by atoms with Crippen LogP contribution in [0.4, 0.5) is 5.82 Å². The van der Waals surface area contributed by atoms with Crippen LogP contribution in [0, 0.1) is 0 Å². The Hall–Kier alpha value is -1.33. The molecule has 19 heavy (non-hydrogen) atoms. The monoisotopic (exact) mass is 263 g/mol. The fourth-order valence-corrected chi connectivity index (χ4v) is 2.50. The lowest BCUT2D eigenvalue weighted by Gasteiger charge is -2.29. The van der Waals surface area contributed by atoms with Gasteiger partial charge >= 0.3 is 0 Å². The minimum atomic E-state index is 0.250. The molecule has 3 rings (SSSR count). The number of piperazine rings is 1. The van der Waals surface area contributed by atoms with Crippen molar-refractivity contribution in [1.29, 1.82) is 0 Å². The van der Waals surface area contributed by atoms with Gasteiger partial charge in [0, 0.05) is 45.1 Å². The highest BCUT2D eigenvalue weighted by Gasteiger charge is 2.17. The summed E-state index contributed by atoms with van der Waals surface area (Å²) in [5.74, 6) is 1.76. The number of ether oxygens (including phenoxy) is 2. The first-order valence-corrected chi connectivity index (χ1v) is 7.09. The van der Waals surface area contributed by atoms with Crippen LogP contribution in [-0.2, 0) is 4.74 Å². The van der Waals surface area contributed by atoms with Crippen LogP contribution in [0.3, 0.4) is 0 Å². The Kier molecular flexibility index (Phi) is 4.15. The van der Waals surface area contributed by atoms with Crippen molar-refractivity contribution in [2.75, 3.05) is 44.3 Å². The number of rotatable bonds is 3. The van der Waals surface area contributed by atoms with Crippen LogP contribution >= 0.6 is 0 Å². The van der Waals surface area contributed by atoms with E-state index < -0.39 is 0 Å². The fraction of sp³-hybridized carbons (Fsp3) is 0.643. The van der Waals surface area contributed by atoms with Gasteiger partial charge in [0.25, 0.3) is 0 Å². The highest BCUT2D eigenvalue weighted by molar-refractivity contribution is 5.41. The Labute approximate surface area is 113 Å². The van der Waals surface area contributed by atoms with E-state index in [1.165, 1.54) is 0 Å². The average Bonchev–Trinajstić information content (AvgIpc) is 2.49. The van der Waals surface area contributed by atoms with Gasteiger partial charge in [-0.05, 0) is 6.07 Å². The molecule has 0 atom stereocenters. The van der Waals surface area contributed by atoms with E-state index in [9.17, 15) is 0 Å². The molecule has 0 amide bonds. The van der Waals surface area contributed by atoms with Gasteiger partial charge in [-0.1, -0.05) is 6.07 Å². The summed E-state index contributed by atoms with van der Waals surface area (Å²) < 4.78 is 11.3. The Bertz CT molecular complexity index is 401. The first kappa shape index (κ1) is 12.7. The molecule has 2 saturated heterocycles. The summed E-state index contributed by atoms with van der Waals surface area (Å²) in [6.07, 6.45) is 2.17. The van der Waals surface area contributed by atoms with Crippen molar-refractivity contribution < 1.29 is 9.47 Å². The van der Waals surface area contributed by atoms with Crippen LogP contribution in [0.25, 0.3) is 0 Å². The quantitative estimate of drug-likeness (QED) is 0.883. The summed E-state index contributed by atoms with van der Waals surface area (Å²) in [4.78, 5) is 6.92. The van der Waals surface area contributed by atoms with Crippen molar-refractivity contribution in [3.63, 3.8) is 0 Å². The van der Waals surface area contributed by atoms with Gasteiger partial charge in [-0.15, -0.1) is 0 Å². The van der Waals surface area contributed by atoms with Crippen molar-refractivity contribution in [3.05, 3.63) is 18.2 Å². The van der Waals surface area contributed by atoms with E-state index in [1.807, 2.05) is 12.1 Å². The highest BCUT2D eigenvalue weighted by Crippen LogP contribution is 2.20. The lowest BCUT2D eigenvalue weighted by atomic mass is 10.1. The van der Waals surface area contributed by atoms with Crippen molar-refractivity contribution in [2.45, 2.75) is 18.9 Å². The topological polar surface area (TPSA) is 46.6 Å². The van der Waals surface area contributed by atoms with Crippen molar-refractivity contribution in [2.24, 2.45) is 0 Å². The molecule has 0 spiro atoms. The predicted octanol–water partition coefficient (Wildman–Crippen LogP) is 1.05. The maximum Gasteiger partial charge on any atom is 0.215 e. The van der Waals surface area contributed by atoms with Gasteiger partial charge in [0.2, 0.25) is 5.88 Å². The zero-order chi connectivity index (χ0) is 12.9. The molecule has 1 aromatic heterocycles. The summed E-state index contributed by atoms with van der Waals surface area (Å²) >= 11 is 0. The number of nitrogens with one attached hydrogen (secondary N) is 1. The minimum Gasteiger partial charge on any atom is -0.474 e. The van der Waals surface area contributed by atoms with Gasteiger partial charge < -0.3 is 19.7 Å². The molecule has 1 aromatic rings. The zero-order valence-electron chi connectivity index (χ0n) is 11.2. The maximum absolute atomic E-state index is 5.95. The van der Waals surface area contributed by atoms with Crippen LogP contribution < -0.4 is 15.0 Å². The molecule has 0 saturated carbocycles. The van der Waals surface area contributed by atoms with E-state index in [4.69, 9.17) is 9.47 Å². The molecule has 0 aliphatic carbocycles. The molecular weight excluding hydrogens is 242 g/mol. The standard InChI is InChI=1S/C14H21N3O2/c1-2-13(17-8-6-15-7-9-17)16-14(3-1)19-12-4-10-18-11-5-12/h1-3,12,15H,4-11H2. The molecule has 104 valence electrons. The van der Waals surface area contributed by atoms with Gasteiger partial charge in [-0.2, -0.15) is 4.98 Å². The number of aromatic nitrogens is 1. The smallest absolute Gasteiger partial charge is 0.215 e. The van der Waals surface area contributed by atoms with Crippen molar-refractivity contribution in [3.8, 4) is 5.88 Å². The fourth-order valence-electron chi connectivity index (χ4n) is 2.50. The predicted molar refractivity (Wildman–Crippen MR) is 73.8 cm³/mol. The molecule has 0 radical (unpaired) electrons. The Morgan fingerprint density at radius 3 is 2.79 bits per heavy atom. The van der Waals surface area contributed by atoms with E-state index >= 15 is 0 Å². The number of nitrogens with zero attached hydrogens (tertiary/aromatic N) is 2. The second kappa shape index (κ2) is 6.21. The molecule has 0 unspecified atom stereocenters. The Balaban J connectivity index is 1.64. The van der Waals surface area contributed by atoms with Crippen molar-refractivity contribution in [1.82, 2.24) is 10.3 Å². The molecule has 2 aliphatic heterocycles. The second-order valence-corrected chi connectivity index (χ2v) is 5.00. The second-order valence-electron chi connectivity index (χ2n) is 5.00. The third-order valence-corrected chi connectivity index (χ3v) is 3.61. The van der Waals surface area contributed by atoms with Crippen LogP contribution in [0.2, 0.25) is 0 Å². The van der Waals surface area contributed by atoms with Crippen LogP contribution in [0.1, 0.15) is 12.8 Å². The molecule has 2 aliphatic rings. The summed E-state index contributed by atoms with van der Waals surface area (Å²) in [6.45, 7) is 5.64. The van der Waals surface area contributed by atoms with Gasteiger partial charge in [-0.3, -0.25) is 0 Å². The summed E-state index contributed by atoms with van der Waals surface area (Å²) in [7, 11) is 0. The van der Waals surface area contributed by atoms with Gasteiger partial charge in [-0.25, -0.2) is 0 Å². The number of hydrogen-bond acceptors (Lipinski definition) is 5. The Morgan fingerprint density at radius 1 is 1.21 bits per heavy atom. The van der Waals surface area contributed by atoms with E-state index in [2.05, 4.69) is 21.3 Å². The summed E-state index contributed by atoms with van der Waals surface area (Å²) in [6, 6.07) is 6.03. The van der Waals surface area contributed by atoms with Crippen LogP contribution in [-0.4, -0.2) is 50.5 Å². The lowest BCUT2D eigenvalue weighted by Crippen LogP contribution is -2.43.